The second-order valence-corrected chi connectivity index (χ2v) is 7.07. The van der Waals surface area contributed by atoms with Gasteiger partial charge >= 0.3 is 0 Å². The number of rotatable bonds is 6. The van der Waals surface area contributed by atoms with Gasteiger partial charge in [0.25, 0.3) is 0 Å². The van der Waals surface area contributed by atoms with Gasteiger partial charge in [-0.2, -0.15) is 0 Å². The summed E-state index contributed by atoms with van der Waals surface area (Å²) in [6.45, 7) is 4.99. The maximum Gasteiger partial charge on any atom is 0.217 e. The molecule has 0 amide bonds. The zero-order valence-corrected chi connectivity index (χ0v) is 12.3. The zero-order chi connectivity index (χ0) is 13.8. The van der Waals surface area contributed by atoms with Crippen molar-refractivity contribution in [2.75, 3.05) is 14.1 Å². The van der Waals surface area contributed by atoms with E-state index in [4.69, 9.17) is 0 Å². The van der Waals surface area contributed by atoms with Gasteiger partial charge in [-0.15, -0.1) is 0 Å². The van der Waals surface area contributed by atoms with Crippen LogP contribution >= 0.6 is 0 Å². The van der Waals surface area contributed by atoms with E-state index in [2.05, 4.69) is 19.2 Å². The summed E-state index contributed by atoms with van der Waals surface area (Å²) in [5.41, 5.74) is 1.98. The molecule has 0 aliphatic carbocycles. The van der Waals surface area contributed by atoms with E-state index < -0.39 is 10.0 Å². The lowest BCUT2D eigenvalue weighted by atomic mass is 10.1. The number of sulfonamides is 1. The van der Waals surface area contributed by atoms with E-state index in [-0.39, 0.29) is 5.75 Å². The van der Waals surface area contributed by atoms with Gasteiger partial charge < -0.3 is 5.32 Å². The topological polar surface area (TPSA) is 49.4 Å². The Bertz CT molecular complexity index is 464. The molecule has 1 rings (SSSR count). The minimum Gasteiger partial charge on any atom is -0.310 e. The van der Waals surface area contributed by atoms with Crippen LogP contribution in [-0.2, 0) is 22.3 Å². The van der Waals surface area contributed by atoms with E-state index in [0.717, 1.165) is 17.7 Å². The van der Waals surface area contributed by atoms with Gasteiger partial charge in [0.15, 0.2) is 0 Å². The van der Waals surface area contributed by atoms with Crippen LogP contribution in [0.15, 0.2) is 24.3 Å². The standard InChI is InChI=1S/C13H22N2O2S/c1-11(2)14-9-12-5-7-13(8-6-12)10-18(16,17)15(3)4/h5-8,11,14H,9-10H2,1-4H3. The lowest BCUT2D eigenvalue weighted by molar-refractivity contribution is 0.519. The Hall–Kier alpha value is -0.910. The van der Waals surface area contributed by atoms with Crippen LogP contribution in [0.1, 0.15) is 25.0 Å². The Morgan fingerprint density at radius 1 is 1.11 bits per heavy atom. The third kappa shape index (κ3) is 4.76. The molecule has 102 valence electrons. The molecule has 0 heterocycles. The molecular formula is C13H22N2O2S. The van der Waals surface area contributed by atoms with E-state index in [9.17, 15) is 8.42 Å². The summed E-state index contributed by atoms with van der Waals surface area (Å²) < 4.78 is 24.7. The van der Waals surface area contributed by atoms with E-state index in [1.807, 2.05) is 24.3 Å². The smallest absolute Gasteiger partial charge is 0.217 e. The van der Waals surface area contributed by atoms with Gasteiger partial charge in [-0.1, -0.05) is 38.1 Å². The number of hydrogen-bond donors (Lipinski definition) is 1. The van der Waals surface area contributed by atoms with Crippen molar-refractivity contribution in [3.63, 3.8) is 0 Å². The van der Waals surface area contributed by atoms with Crippen molar-refractivity contribution in [3.05, 3.63) is 35.4 Å². The molecule has 0 unspecified atom stereocenters. The summed E-state index contributed by atoms with van der Waals surface area (Å²) in [7, 11) is -0.0684. The van der Waals surface area contributed by atoms with E-state index >= 15 is 0 Å². The molecule has 1 N–H and O–H groups in total. The highest BCUT2D eigenvalue weighted by Crippen LogP contribution is 2.10. The lowest BCUT2D eigenvalue weighted by Gasteiger charge is -2.12. The molecular weight excluding hydrogens is 248 g/mol. The predicted octanol–water partition coefficient (Wildman–Crippen LogP) is 1.58. The second-order valence-electron chi connectivity index (χ2n) is 4.89. The average Bonchev–Trinajstić information content (AvgIpc) is 2.27. The molecule has 0 saturated carbocycles. The Kier molecular flexibility index (Phi) is 5.31. The molecule has 4 nitrogen and oxygen atoms in total. The third-order valence-electron chi connectivity index (χ3n) is 2.64. The van der Waals surface area contributed by atoms with Crippen molar-refractivity contribution in [3.8, 4) is 0 Å². The predicted molar refractivity (Wildman–Crippen MR) is 74.7 cm³/mol. The minimum absolute atomic E-state index is 0.0535. The first-order chi connectivity index (χ1) is 8.31. The Morgan fingerprint density at radius 2 is 1.61 bits per heavy atom. The fourth-order valence-electron chi connectivity index (χ4n) is 1.42. The van der Waals surface area contributed by atoms with Gasteiger partial charge in [-0.25, -0.2) is 12.7 Å². The van der Waals surface area contributed by atoms with Gasteiger partial charge in [0.1, 0.15) is 0 Å². The quantitative estimate of drug-likeness (QED) is 0.854. The van der Waals surface area contributed by atoms with Crippen LogP contribution in [0, 0.1) is 0 Å². The van der Waals surface area contributed by atoms with Crippen LogP contribution in [0.3, 0.4) is 0 Å². The highest BCUT2D eigenvalue weighted by molar-refractivity contribution is 7.88. The maximum atomic E-state index is 11.7. The Labute approximate surface area is 110 Å². The summed E-state index contributed by atoms with van der Waals surface area (Å²) in [5, 5.41) is 3.32. The first-order valence-electron chi connectivity index (χ1n) is 6.02. The molecule has 0 aliphatic heterocycles. The molecule has 0 radical (unpaired) electrons. The number of hydrogen-bond acceptors (Lipinski definition) is 3. The van der Waals surface area contributed by atoms with E-state index in [1.165, 1.54) is 4.31 Å². The van der Waals surface area contributed by atoms with Crippen LogP contribution < -0.4 is 5.32 Å². The van der Waals surface area contributed by atoms with Crippen molar-refractivity contribution in [1.82, 2.24) is 9.62 Å². The molecule has 0 atom stereocenters. The lowest BCUT2D eigenvalue weighted by Crippen LogP contribution is -2.24. The highest BCUT2D eigenvalue weighted by atomic mass is 32.2. The first kappa shape index (κ1) is 15.1. The number of nitrogens with one attached hydrogen (secondary N) is 1. The molecule has 0 fully saturated rings. The summed E-state index contributed by atoms with van der Waals surface area (Å²) in [5.74, 6) is 0.0535. The van der Waals surface area contributed by atoms with Crippen molar-refractivity contribution < 1.29 is 8.42 Å². The summed E-state index contributed by atoms with van der Waals surface area (Å²) >= 11 is 0. The zero-order valence-electron chi connectivity index (χ0n) is 11.5. The molecule has 0 saturated heterocycles. The first-order valence-corrected chi connectivity index (χ1v) is 7.63. The van der Waals surface area contributed by atoms with E-state index in [1.54, 1.807) is 14.1 Å². The van der Waals surface area contributed by atoms with E-state index in [0.29, 0.717) is 6.04 Å². The van der Waals surface area contributed by atoms with Crippen LogP contribution in [-0.4, -0.2) is 32.9 Å². The van der Waals surface area contributed by atoms with Gasteiger partial charge in [0, 0.05) is 26.7 Å². The number of nitrogens with zero attached hydrogens (tertiary/aromatic N) is 1. The van der Waals surface area contributed by atoms with Crippen molar-refractivity contribution >= 4 is 10.0 Å². The fourth-order valence-corrected chi connectivity index (χ4v) is 2.29. The molecule has 1 aromatic rings. The van der Waals surface area contributed by atoms with Crippen LogP contribution in [0.2, 0.25) is 0 Å². The Morgan fingerprint density at radius 3 is 2.06 bits per heavy atom. The Balaban J connectivity index is 2.66. The summed E-state index contributed by atoms with van der Waals surface area (Å²) in [6.07, 6.45) is 0. The minimum atomic E-state index is -3.17. The van der Waals surface area contributed by atoms with Crippen molar-refractivity contribution in [2.24, 2.45) is 0 Å². The van der Waals surface area contributed by atoms with Gasteiger partial charge in [-0.3, -0.25) is 0 Å². The van der Waals surface area contributed by atoms with Crippen molar-refractivity contribution in [1.29, 1.82) is 0 Å². The molecule has 1 aromatic carbocycles. The molecule has 0 bridgehead atoms. The second kappa shape index (κ2) is 6.31. The van der Waals surface area contributed by atoms with Gasteiger partial charge in [0.2, 0.25) is 10.0 Å². The molecule has 0 aromatic heterocycles. The van der Waals surface area contributed by atoms with Crippen LogP contribution in [0.25, 0.3) is 0 Å². The normalized spacial score (nSPS) is 12.3. The SMILES string of the molecule is CC(C)NCc1ccc(CS(=O)(=O)N(C)C)cc1. The average molecular weight is 270 g/mol. The largest absolute Gasteiger partial charge is 0.310 e. The van der Waals surface area contributed by atoms with Gasteiger partial charge in [0.05, 0.1) is 5.75 Å². The number of benzene rings is 1. The molecule has 5 heteroatoms. The van der Waals surface area contributed by atoms with Crippen LogP contribution in [0.4, 0.5) is 0 Å². The fraction of sp³-hybridized carbons (Fsp3) is 0.538. The molecule has 0 aliphatic rings. The molecule has 0 spiro atoms. The highest BCUT2D eigenvalue weighted by Gasteiger charge is 2.14. The van der Waals surface area contributed by atoms with Crippen LogP contribution in [0.5, 0.6) is 0 Å². The summed E-state index contributed by atoms with van der Waals surface area (Å²) in [4.78, 5) is 0. The summed E-state index contributed by atoms with van der Waals surface area (Å²) in [6, 6.07) is 8.13. The molecule has 18 heavy (non-hydrogen) atoms. The van der Waals surface area contributed by atoms with Gasteiger partial charge in [-0.05, 0) is 11.1 Å². The van der Waals surface area contributed by atoms with Crippen molar-refractivity contribution in [2.45, 2.75) is 32.2 Å². The third-order valence-corrected chi connectivity index (χ3v) is 4.45. The monoisotopic (exact) mass is 270 g/mol. The maximum absolute atomic E-state index is 11.7.